The number of carboxylic acid groups (broad SMARTS) is 1. The Morgan fingerprint density at radius 2 is 1.67 bits per heavy atom. The molecule has 52 heavy (non-hydrogen) atoms. The lowest BCUT2D eigenvalue weighted by Crippen LogP contribution is -2.66. The Morgan fingerprint density at radius 1 is 0.942 bits per heavy atom. The molecule has 0 bridgehead atoms. The third-order valence-electron chi connectivity index (χ3n) is 18.0. The summed E-state index contributed by atoms with van der Waals surface area (Å²) in [5, 5.41) is 13.8. The van der Waals surface area contributed by atoms with Crippen LogP contribution < -0.4 is 5.32 Å². The smallest absolute Gasteiger partial charge is 0.312 e. The number of carbonyl (C=O) groups is 1. The molecule has 7 rings (SSSR count). The second-order valence-electron chi connectivity index (χ2n) is 20.4. The maximum atomic E-state index is 14.0. The van der Waals surface area contributed by atoms with Crippen LogP contribution in [-0.2, 0) is 14.6 Å². The minimum absolute atomic E-state index is 0.0107. The third-order valence-corrected chi connectivity index (χ3v) is 19.6. The summed E-state index contributed by atoms with van der Waals surface area (Å²) in [7, 11) is -2.85. The SMILES string of the molecule is C=C(C)[C@@H]1CCC2(CNCCN3CCS(=O)(=O)CC3)CC[C@]3(C)[C@H](CC[C@@H]4[C@@]5(C)CC=C(C6=CC[C@@](CF)(C(=O)O)CC6)C(C)(C)[C@@H]5CC[C@]43C)[C@@H]12. The van der Waals surface area contributed by atoms with Gasteiger partial charge in [-0.1, -0.05) is 58.9 Å². The van der Waals surface area contributed by atoms with Crippen LogP contribution in [0.5, 0.6) is 0 Å². The first-order valence-electron chi connectivity index (χ1n) is 20.9. The van der Waals surface area contributed by atoms with Gasteiger partial charge in [-0.15, -0.1) is 0 Å². The molecule has 0 amide bonds. The number of sulfone groups is 1. The summed E-state index contributed by atoms with van der Waals surface area (Å²) in [5.74, 6) is 2.76. The van der Waals surface area contributed by atoms with E-state index in [-0.39, 0.29) is 28.1 Å². The van der Waals surface area contributed by atoms with E-state index in [1.54, 1.807) is 0 Å². The fourth-order valence-corrected chi connectivity index (χ4v) is 16.1. The van der Waals surface area contributed by atoms with E-state index >= 15 is 0 Å². The molecule has 0 aromatic carbocycles. The van der Waals surface area contributed by atoms with Crippen molar-refractivity contribution < 1.29 is 22.7 Å². The van der Waals surface area contributed by atoms with Crippen molar-refractivity contribution in [3.05, 3.63) is 35.5 Å². The molecule has 6 aliphatic carbocycles. The summed E-state index contributed by atoms with van der Waals surface area (Å²) in [6, 6.07) is 0. The minimum Gasteiger partial charge on any atom is -0.481 e. The van der Waals surface area contributed by atoms with Gasteiger partial charge in [0.2, 0.25) is 0 Å². The molecule has 1 aliphatic heterocycles. The second-order valence-corrected chi connectivity index (χ2v) is 22.7. The van der Waals surface area contributed by atoms with Gasteiger partial charge in [-0.2, -0.15) is 0 Å². The summed E-state index contributed by atoms with van der Waals surface area (Å²) < 4.78 is 37.9. The number of fused-ring (bicyclic) bond motifs is 7. The highest BCUT2D eigenvalue weighted by atomic mass is 32.2. The lowest BCUT2D eigenvalue weighted by Gasteiger charge is -2.72. The van der Waals surface area contributed by atoms with Crippen LogP contribution in [0.25, 0.3) is 0 Å². The zero-order valence-electron chi connectivity index (χ0n) is 33.3. The molecule has 4 saturated carbocycles. The van der Waals surface area contributed by atoms with E-state index in [1.807, 2.05) is 0 Å². The van der Waals surface area contributed by atoms with Gasteiger partial charge < -0.3 is 15.3 Å². The number of hydrogen-bond acceptors (Lipinski definition) is 5. The summed E-state index contributed by atoms with van der Waals surface area (Å²) in [5.41, 5.74) is 3.86. The number of nitrogens with one attached hydrogen (secondary N) is 1. The number of rotatable bonds is 9. The quantitative estimate of drug-likeness (QED) is 0.182. The molecule has 5 fully saturated rings. The van der Waals surface area contributed by atoms with Crippen molar-refractivity contribution >= 4 is 15.8 Å². The second kappa shape index (κ2) is 13.3. The molecule has 0 spiro atoms. The van der Waals surface area contributed by atoms with Gasteiger partial charge in [-0.25, -0.2) is 12.8 Å². The zero-order valence-corrected chi connectivity index (χ0v) is 34.1. The van der Waals surface area contributed by atoms with Crippen LogP contribution in [0.1, 0.15) is 119 Å². The Labute approximate surface area is 314 Å². The fraction of sp³-hybridized carbons (Fsp3) is 0.841. The van der Waals surface area contributed by atoms with Crippen molar-refractivity contribution in [3.63, 3.8) is 0 Å². The van der Waals surface area contributed by atoms with E-state index in [4.69, 9.17) is 0 Å². The molecule has 1 heterocycles. The Hall–Kier alpha value is -1.51. The Bertz CT molecular complexity index is 1610. The van der Waals surface area contributed by atoms with Crippen molar-refractivity contribution in [2.45, 2.75) is 119 Å². The minimum atomic E-state index is -2.85. The van der Waals surface area contributed by atoms with Gasteiger partial charge >= 0.3 is 5.97 Å². The Morgan fingerprint density at radius 3 is 2.31 bits per heavy atom. The van der Waals surface area contributed by atoms with E-state index in [0.29, 0.717) is 72.4 Å². The van der Waals surface area contributed by atoms with E-state index in [2.05, 4.69) is 70.5 Å². The highest BCUT2D eigenvalue weighted by Crippen LogP contribution is 2.77. The Kier molecular flexibility index (Phi) is 9.92. The van der Waals surface area contributed by atoms with Gasteiger partial charge in [0.25, 0.3) is 0 Å². The van der Waals surface area contributed by atoms with Gasteiger partial charge in [0.05, 0.1) is 16.9 Å². The Balaban J connectivity index is 1.11. The first-order valence-corrected chi connectivity index (χ1v) is 22.7. The average molecular weight is 741 g/mol. The van der Waals surface area contributed by atoms with Crippen LogP contribution in [0, 0.1) is 62.1 Å². The van der Waals surface area contributed by atoms with Gasteiger partial charge in [-0.05, 0) is 152 Å². The number of allylic oxidation sites excluding steroid dienone is 5. The summed E-state index contributed by atoms with van der Waals surface area (Å²) in [6.07, 6.45) is 17.3. The topological polar surface area (TPSA) is 86.7 Å². The van der Waals surface area contributed by atoms with Crippen LogP contribution in [0.15, 0.2) is 35.5 Å². The van der Waals surface area contributed by atoms with E-state index in [1.165, 1.54) is 68.1 Å². The number of carboxylic acids is 1. The molecule has 292 valence electrons. The van der Waals surface area contributed by atoms with Gasteiger partial charge in [0, 0.05) is 32.7 Å². The predicted octanol–water partition coefficient (Wildman–Crippen LogP) is 8.65. The van der Waals surface area contributed by atoms with Gasteiger partial charge in [0.15, 0.2) is 9.84 Å². The molecule has 2 N–H and O–H groups in total. The summed E-state index contributed by atoms with van der Waals surface area (Å²) >= 11 is 0. The largest absolute Gasteiger partial charge is 0.481 e. The molecule has 0 radical (unpaired) electrons. The highest BCUT2D eigenvalue weighted by Gasteiger charge is 2.70. The fourth-order valence-electron chi connectivity index (χ4n) is 14.8. The molecule has 6 nitrogen and oxygen atoms in total. The number of halogens is 1. The third kappa shape index (κ3) is 5.87. The monoisotopic (exact) mass is 740 g/mol. The lowest BCUT2D eigenvalue weighted by atomic mass is 9.32. The van der Waals surface area contributed by atoms with Crippen LogP contribution in [-0.4, -0.2) is 75.3 Å². The first kappa shape index (κ1) is 38.8. The molecule has 1 saturated heterocycles. The predicted molar refractivity (Wildman–Crippen MR) is 208 cm³/mol. The molecular formula is C44H69FN2O4S. The van der Waals surface area contributed by atoms with Gasteiger partial charge in [0.1, 0.15) is 6.67 Å². The molecule has 0 aromatic heterocycles. The number of aliphatic carboxylic acids is 1. The summed E-state index contributed by atoms with van der Waals surface area (Å²) in [4.78, 5) is 14.3. The molecule has 0 aromatic rings. The van der Waals surface area contributed by atoms with Crippen molar-refractivity contribution in [2.75, 3.05) is 50.9 Å². The van der Waals surface area contributed by atoms with Crippen molar-refractivity contribution in [1.82, 2.24) is 10.2 Å². The van der Waals surface area contributed by atoms with Crippen LogP contribution in [0.3, 0.4) is 0 Å². The average Bonchev–Trinajstić information content (AvgIpc) is 3.48. The molecular weight excluding hydrogens is 672 g/mol. The number of alkyl halides is 1. The standard InChI is InChI=1S/C44H69FN2O4S/c1-30(2)32-12-19-44(29-46-22-23-47-24-26-52(50,51)27-25-47)21-20-41(6)34(37(32)44)8-9-36-40(5)15-13-33(39(3,4)35(40)14-16-42(36,41)7)31-10-17-43(28-45,18-11-31)38(48)49/h10,13,32,34-37,46H,1,8-9,11-12,14-29H2,2-7H3,(H,48,49)/t32-,34+,35-,36+,37+,40-,41+,42+,43+,44?/m0/s1. The zero-order chi connectivity index (χ0) is 37.5. The van der Waals surface area contributed by atoms with E-state index < -0.39 is 27.9 Å². The number of nitrogens with zero attached hydrogens (tertiary/aromatic N) is 1. The summed E-state index contributed by atoms with van der Waals surface area (Å²) in [6.45, 7) is 23.3. The molecule has 7 aliphatic rings. The highest BCUT2D eigenvalue weighted by molar-refractivity contribution is 7.91. The first-order chi connectivity index (χ1) is 24.4. The van der Waals surface area contributed by atoms with Crippen LogP contribution >= 0.6 is 0 Å². The molecule has 1 unspecified atom stereocenters. The van der Waals surface area contributed by atoms with Crippen molar-refractivity contribution in [2.24, 2.45) is 62.1 Å². The normalized spacial score (nSPS) is 45.4. The van der Waals surface area contributed by atoms with Crippen LogP contribution in [0.2, 0.25) is 0 Å². The van der Waals surface area contributed by atoms with Gasteiger partial charge in [-0.3, -0.25) is 4.79 Å². The van der Waals surface area contributed by atoms with Crippen molar-refractivity contribution in [1.29, 1.82) is 0 Å². The maximum absolute atomic E-state index is 14.0. The van der Waals surface area contributed by atoms with E-state index in [9.17, 15) is 22.7 Å². The van der Waals surface area contributed by atoms with Crippen LogP contribution in [0.4, 0.5) is 4.39 Å². The molecule has 8 heteroatoms. The lowest BCUT2D eigenvalue weighted by molar-refractivity contribution is -0.226. The van der Waals surface area contributed by atoms with Crippen molar-refractivity contribution in [3.8, 4) is 0 Å². The van der Waals surface area contributed by atoms with E-state index in [0.717, 1.165) is 26.1 Å². The molecule has 10 atom stereocenters. The maximum Gasteiger partial charge on any atom is 0.312 e. The number of hydrogen-bond donors (Lipinski definition) is 2.